The molecule has 0 unspecified atom stereocenters. The molecule has 5 rings (SSSR count). The van der Waals surface area contributed by atoms with Crippen molar-refractivity contribution in [3.05, 3.63) is 36.8 Å². The van der Waals surface area contributed by atoms with Crippen molar-refractivity contribution in [1.29, 1.82) is 0 Å². The third-order valence-electron chi connectivity index (χ3n) is 6.89. The van der Waals surface area contributed by atoms with Crippen LogP contribution >= 0.6 is 7.60 Å². The first kappa shape index (κ1) is 24.3. The average molecular weight is 500 g/mol. The van der Waals surface area contributed by atoms with Gasteiger partial charge < -0.3 is 29.0 Å². The summed E-state index contributed by atoms with van der Waals surface area (Å²) in [5, 5.41) is 0.852. The number of benzene rings is 1. The molecule has 2 aromatic heterocycles. The molecule has 188 valence electrons. The molecule has 0 radical (unpaired) electrons. The van der Waals surface area contributed by atoms with E-state index in [2.05, 4.69) is 25.6 Å². The second-order valence-corrected chi connectivity index (χ2v) is 11.3. The molecule has 1 aliphatic heterocycles. The van der Waals surface area contributed by atoms with E-state index in [9.17, 15) is 4.57 Å². The van der Waals surface area contributed by atoms with Crippen LogP contribution in [0.5, 0.6) is 5.75 Å². The third-order valence-corrected chi connectivity index (χ3v) is 8.64. The van der Waals surface area contributed by atoms with Crippen LogP contribution in [0.15, 0.2) is 36.8 Å². The molecule has 2 fully saturated rings. The Morgan fingerprint density at radius 1 is 1.14 bits per heavy atom. The van der Waals surface area contributed by atoms with E-state index >= 15 is 0 Å². The third kappa shape index (κ3) is 5.09. The van der Waals surface area contributed by atoms with Gasteiger partial charge in [-0.05, 0) is 69.8 Å². The van der Waals surface area contributed by atoms with Crippen molar-refractivity contribution >= 4 is 24.4 Å². The number of nitrogen functional groups attached to an aromatic ring is 1. The molecule has 0 amide bonds. The summed E-state index contributed by atoms with van der Waals surface area (Å²) in [7, 11) is -3.31. The fraction of sp³-hybridized carbons (Fsp3) is 0.520. The Kier molecular flexibility index (Phi) is 7.12. The standard InChI is InChI=1S/C25H34N5O4P/c1-3-33-35(31,34-4-2)17-32-21-8-5-7-19(13-21)22-15-30(25-23(22)24(26)27-16-28-25)20-11-18(12-20)14-29-9-6-10-29/h5,7-8,13,15-16,18,20H,3-4,6,9-12,14,17H2,1-2H3,(H2,26,27,28). The second kappa shape index (κ2) is 10.3. The zero-order valence-electron chi connectivity index (χ0n) is 20.4. The van der Waals surface area contributed by atoms with Gasteiger partial charge in [-0.25, -0.2) is 9.97 Å². The van der Waals surface area contributed by atoms with Gasteiger partial charge in [0.05, 0.1) is 18.6 Å². The van der Waals surface area contributed by atoms with Crippen molar-refractivity contribution < 1.29 is 18.3 Å². The molecule has 10 heteroatoms. The summed E-state index contributed by atoms with van der Waals surface area (Å²) in [6.45, 7) is 7.83. The molecule has 2 N–H and O–H groups in total. The SMILES string of the molecule is CCOP(=O)(COc1cccc(-c2cn(C3CC(CN4CCC4)C3)c3ncnc(N)c23)c1)OCC. The van der Waals surface area contributed by atoms with Gasteiger partial charge in [-0.2, -0.15) is 0 Å². The molecule has 1 aliphatic carbocycles. The van der Waals surface area contributed by atoms with Gasteiger partial charge in [-0.1, -0.05) is 12.1 Å². The highest BCUT2D eigenvalue weighted by Crippen LogP contribution is 2.48. The molecule has 2 aliphatic rings. The minimum atomic E-state index is -3.31. The Bertz CT molecular complexity index is 1210. The topological polar surface area (TPSA) is 105 Å². The fourth-order valence-corrected chi connectivity index (χ4v) is 6.34. The number of hydrogen-bond acceptors (Lipinski definition) is 8. The summed E-state index contributed by atoms with van der Waals surface area (Å²) < 4.78 is 31.6. The Labute approximate surface area is 206 Å². The number of aromatic nitrogens is 3. The quantitative estimate of drug-likeness (QED) is 0.370. The van der Waals surface area contributed by atoms with Gasteiger partial charge in [0.15, 0.2) is 6.35 Å². The van der Waals surface area contributed by atoms with Crippen LogP contribution < -0.4 is 10.5 Å². The van der Waals surface area contributed by atoms with E-state index in [1.165, 1.54) is 32.4 Å². The van der Waals surface area contributed by atoms with Crippen LogP contribution in [0.2, 0.25) is 0 Å². The van der Waals surface area contributed by atoms with Gasteiger partial charge in [0.25, 0.3) is 0 Å². The predicted molar refractivity (Wildman–Crippen MR) is 137 cm³/mol. The summed E-state index contributed by atoms with van der Waals surface area (Å²) in [4.78, 5) is 11.4. The lowest BCUT2D eigenvalue weighted by Crippen LogP contribution is -2.43. The molecule has 9 nitrogen and oxygen atoms in total. The van der Waals surface area contributed by atoms with Crippen molar-refractivity contribution in [3.63, 3.8) is 0 Å². The van der Waals surface area contributed by atoms with Crippen LogP contribution in [-0.4, -0.2) is 58.6 Å². The highest BCUT2D eigenvalue weighted by atomic mass is 31.2. The Balaban J connectivity index is 1.38. The highest BCUT2D eigenvalue weighted by Gasteiger charge is 2.34. The maximum atomic E-state index is 12.8. The Hall–Kier alpha value is -2.45. The molecule has 0 spiro atoms. The number of likely N-dealkylation sites (tertiary alicyclic amines) is 1. The summed E-state index contributed by atoms with van der Waals surface area (Å²) in [6, 6.07) is 8.08. The van der Waals surface area contributed by atoms with Gasteiger partial charge in [-0.15, -0.1) is 0 Å². The first-order chi connectivity index (χ1) is 17.0. The molecule has 1 aromatic carbocycles. The lowest BCUT2D eigenvalue weighted by Gasteiger charge is -2.42. The number of nitrogens with two attached hydrogens (primary N) is 1. The first-order valence-electron chi connectivity index (χ1n) is 12.4. The number of hydrogen-bond donors (Lipinski definition) is 1. The first-order valence-corrected chi connectivity index (χ1v) is 14.2. The van der Waals surface area contributed by atoms with E-state index in [4.69, 9.17) is 19.5 Å². The molecular weight excluding hydrogens is 465 g/mol. The summed E-state index contributed by atoms with van der Waals surface area (Å²) in [5.74, 6) is 1.78. The van der Waals surface area contributed by atoms with Crippen molar-refractivity contribution in [2.75, 3.05) is 44.9 Å². The second-order valence-electron chi connectivity index (χ2n) is 9.30. The van der Waals surface area contributed by atoms with E-state index < -0.39 is 7.60 Å². The fourth-order valence-electron chi connectivity index (χ4n) is 5.02. The summed E-state index contributed by atoms with van der Waals surface area (Å²) in [6.07, 6.45) is 7.16. The monoisotopic (exact) mass is 499 g/mol. The summed E-state index contributed by atoms with van der Waals surface area (Å²) in [5.41, 5.74) is 9.10. The number of ether oxygens (including phenoxy) is 1. The predicted octanol–water partition coefficient (Wildman–Crippen LogP) is 4.94. The minimum Gasteiger partial charge on any atom is -0.481 e. The van der Waals surface area contributed by atoms with Gasteiger partial charge in [0.2, 0.25) is 0 Å². The van der Waals surface area contributed by atoms with Crippen LogP contribution in [0.1, 0.15) is 39.2 Å². The Morgan fingerprint density at radius 3 is 2.60 bits per heavy atom. The lowest BCUT2D eigenvalue weighted by atomic mass is 9.79. The number of anilines is 1. The average Bonchev–Trinajstić information content (AvgIpc) is 3.17. The van der Waals surface area contributed by atoms with Crippen molar-refractivity contribution in [3.8, 4) is 16.9 Å². The molecule has 1 saturated heterocycles. The van der Waals surface area contributed by atoms with Gasteiger partial charge in [0, 0.05) is 24.3 Å². The van der Waals surface area contributed by atoms with Crippen LogP contribution in [0.4, 0.5) is 5.82 Å². The van der Waals surface area contributed by atoms with E-state index in [1.54, 1.807) is 13.8 Å². The largest absolute Gasteiger partial charge is 0.481 e. The van der Waals surface area contributed by atoms with Crippen molar-refractivity contribution in [2.45, 2.75) is 39.2 Å². The maximum Gasteiger partial charge on any atom is 0.367 e. The van der Waals surface area contributed by atoms with E-state index in [0.717, 1.165) is 40.9 Å². The number of fused-ring (bicyclic) bond motifs is 1. The van der Waals surface area contributed by atoms with Crippen molar-refractivity contribution in [1.82, 2.24) is 19.4 Å². The van der Waals surface area contributed by atoms with Crippen LogP contribution in [0.25, 0.3) is 22.2 Å². The number of rotatable bonds is 11. The molecule has 3 heterocycles. The molecule has 0 atom stereocenters. The Morgan fingerprint density at radius 2 is 1.91 bits per heavy atom. The van der Waals surface area contributed by atoms with E-state index in [1.807, 2.05) is 24.3 Å². The zero-order valence-corrected chi connectivity index (χ0v) is 21.3. The lowest BCUT2D eigenvalue weighted by molar-refractivity contribution is 0.0921. The van der Waals surface area contributed by atoms with Crippen molar-refractivity contribution in [2.24, 2.45) is 5.92 Å². The zero-order chi connectivity index (χ0) is 24.4. The van der Waals surface area contributed by atoms with Crippen LogP contribution in [0, 0.1) is 5.92 Å². The maximum absolute atomic E-state index is 12.8. The smallest absolute Gasteiger partial charge is 0.367 e. The van der Waals surface area contributed by atoms with Gasteiger partial charge >= 0.3 is 7.60 Å². The molecule has 3 aromatic rings. The molecule has 1 saturated carbocycles. The normalized spacial score (nSPS) is 20.5. The van der Waals surface area contributed by atoms with E-state index in [-0.39, 0.29) is 6.35 Å². The van der Waals surface area contributed by atoms with Crippen LogP contribution in [-0.2, 0) is 13.6 Å². The molecule has 35 heavy (non-hydrogen) atoms. The molecular formula is C25H34N5O4P. The summed E-state index contributed by atoms with van der Waals surface area (Å²) >= 11 is 0. The number of nitrogens with zero attached hydrogens (tertiary/aromatic N) is 4. The highest BCUT2D eigenvalue weighted by molar-refractivity contribution is 7.53. The minimum absolute atomic E-state index is 0.147. The van der Waals surface area contributed by atoms with Gasteiger partial charge in [-0.3, -0.25) is 4.57 Å². The van der Waals surface area contributed by atoms with Crippen LogP contribution in [0.3, 0.4) is 0 Å². The molecule has 0 bridgehead atoms. The van der Waals surface area contributed by atoms with Gasteiger partial charge in [0.1, 0.15) is 23.5 Å². The van der Waals surface area contributed by atoms with E-state index in [0.29, 0.717) is 30.8 Å².